The van der Waals surface area contributed by atoms with E-state index in [9.17, 15) is 24.3 Å². The summed E-state index contributed by atoms with van der Waals surface area (Å²) in [6, 6.07) is 0. The average molecular weight is 419 g/mol. The van der Waals surface area contributed by atoms with Gasteiger partial charge in [-0.1, -0.05) is 20.8 Å². The van der Waals surface area contributed by atoms with E-state index < -0.39 is 29.4 Å². The normalized spacial score (nSPS) is 47.8. The number of rotatable bonds is 3. The van der Waals surface area contributed by atoms with Crippen LogP contribution in [0.5, 0.6) is 0 Å². The fourth-order valence-corrected chi connectivity index (χ4v) is 8.07. The zero-order valence-corrected chi connectivity index (χ0v) is 18.5. The maximum Gasteiger partial charge on any atom is 0.303 e. The standard InChI is InChI=1S/C24H34O6/c1-13-9-18-17-6-5-15-10-16(26)7-8-22(15,3)21(17)19(27)11-23(18,4)24(13,29)20(28)12-30-14(2)25/h13,15,17-18,21,29H,5-12H2,1-4H3/t13-,15+,17-,18-,21+,22-,23-,24-/m0/s1. The summed E-state index contributed by atoms with van der Waals surface area (Å²) in [5, 5.41) is 11.7. The molecule has 4 aliphatic rings. The summed E-state index contributed by atoms with van der Waals surface area (Å²) >= 11 is 0. The van der Waals surface area contributed by atoms with Crippen LogP contribution in [0, 0.1) is 40.4 Å². The molecule has 0 unspecified atom stereocenters. The Morgan fingerprint density at radius 3 is 2.57 bits per heavy atom. The Morgan fingerprint density at radius 1 is 1.20 bits per heavy atom. The Balaban J connectivity index is 1.68. The largest absolute Gasteiger partial charge is 0.458 e. The number of hydrogen-bond acceptors (Lipinski definition) is 6. The lowest BCUT2D eigenvalue weighted by Gasteiger charge is -2.59. The lowest BCUT2D eigenvalue weighted by Crippen LogP contribution is -2.63. The molecule has 0 radical (unpaired) electrons. The predicted octanol–water partition coefficient (Wildman–Crippen LogP) is 2.89. The molecule has 0 heterocycles. The molecule has 0 aromatic heterocycles. The first-order chi connectivity index (χ1) is 13.9. The monoisotopic (exact) mass is 418 g/mol. The predicted molar refractivity (Wildman–Crippen MR) is 108 cm³/mol. The van der Waals surface area contributed by atoms with Crippen LogP contribution < -0.4 is 0 Å². The van der Waals surface area contributed by atoms with E-state index in [0.29, 0.717) is 25.0 Å². The second kappa shape index (κ2) is 6.98. The molecule has 166 valence electrons. The molecule has 4 saturated carbocycles. The van der Waals surface area contributed by atoms with E-state index in [2.05, 4.69) is 6.92 Å². The summed E-state index contributed by atoms with van der Waals surface area (Å²) in [6.07, 6.45) is 4.54. The molecule has 6 heteroatoms. The molecule has 1 N–H and O–H groups in total. The molecule has 30 heavy (non-hydrogen) atoms. The van der Waals surface area contributed by atoms with Gasteiger partial charge in [0.05, 0.1) is 0 Å². The average Bonchev–Trinajstić information content (AvgIpc) is 2.87. The number of esters is 1. The highest BCUT2D eigenvalue weighted by Crippen LogP contribution is 2.68. The van der Waals surface area contributed by atoms with Crippen molar-refractivity contribution in [1.29, 1.82) is 0 Å². The first kappa shape index (κ1) is 21.7. The molecular formula is C24H34O6. The number of aliphatic hydroxyl groups is 1. The highest BCUT2D eigenvalue weighted by atomic mass is 16.5. The molecule has 4 fully saturated rings. The van der Waals surface area contributed by atoms with Crippen LogP contribution in [-0.2, 0) is 23.9 Å². The number of hydrogen-bond donors (Lipinski definition) is 1. The van der Waals surface area contributed by atoms with Crippen molar-refractivity contribution in [2.45, 2.75) is 78.2 Å². The summed E-state index contributed by atoms with van der Waals surface area (Å²) in [5.41, 5.74) is -2.69. The van der Waals surface area contributed by atoms with E-state index in [1.807, 2.05) is 13.8 Å². The minimum atomic E-state index is -1.67. The quantitative estimate of drug-likeness (QED) is 0.708. The van der Waals surface area contributed by atoms with Gasteiger partial charge in [0.1, 0.15) is 17.2 Å². The highest BCUT2D eigenvalue weighted by Gasteiger charge is 2.71. The first-order valence-corrected chi connectivity index (χ1v) is 11.4. The van der Waals surface area contributed by atoms with Gasteiger partial charge in [0.2, 0.25) is 5.78 Å². The number of carbonyl (C=O) groups is 4. The summed E-state index contributed by atoms with van der Waals surface area (Å²) in [5.74, 6) is -0.558. The van der Waals surface area contributed by atoms with Gasteiger partial charge >= 0.3 is 5.97 Å². The Kier molecular flexibility index (Phi) is 5.04. The van der Waals surface area contributed by atoms with Crippen LogP contribution in [-0.4, -0.2) is 40.6 Å². The molecule has 0 saturated heterocycles. The lowest BCUT2D eigenvalue weighted by atomic mass is 9.44. The fourth-order valence-electron chi connectivity index (χ4n) is 8.07. The Labute approximate surface area is 178 Å². The van der Waals surface area contributed by atoms with Crippen LogP contribution in [0.2, 0.25) is 0 Å². The van der Waals surface area contributed by atoms with E-state index in [-0.39, 0.29) is 47.2 Å². The van der Waals surface area contributed by atoms with Crippen LogP contribution in [0.15, 0.2) is 0 Å². The third-order valence-corrected chi connectivity index (χ3v) is 9.58. The molecule has 6 nitrogen and oxygen atoms in total. The first-order valence-electron chi connectivity index (χ1n) is 11.4. The maximum atomic E-state index is 13.6. The summed E-state index contributed by atoms with van der Waals surface area (Å²) < 4.78 is 4.92. The van der Waals surface area contributed by atoms with E-state index in [1.165, 1.54) is 6.92 Å². The van der Waals surface area contributed by atoms with Crippen molar-refractivity contribution < 1.29 is 29.0 Å². The molecule has 4 aliphatic carbocycles. The molecule has 0 aromatic carbocycles. The molecule has 8 atom stereocenters. The van der Waals surface area contributed by atoms with E-state index in [4.69, 9.17) is 4.74 Å². The zero-order chi connectivity index (χ0) is 22.1. The molecule has 4 rings (SSSR count). The molecular weight excluding hydrogens is 384 g/mol. The molecule has 0 bridgehead atoms. The molecule has 0 spiro atoms. The highest BCUT2D eigenvalue weighted by molar-refractivity contribution is 5.93. The van der Waals surface area contributed by atoms with Crippen LogP contribution in [0.4, 0.5) is 0 Å². The van der Waals surface area contributed by atoms with E-state index in [0.717, 1.165) is 19.3 Å². The number of Topliss-reactive ketones (excluding diaryl/α,β-unsaturated/α-hetero) is 3. The van der Waals surface area contributed by atoms with Crippen molar-refractivity contribution in [2.24, 2.45) is 40.4 Å². The number of ether oxygens (including phenoxy) is 1. The topological polar surface area (TPSA) is 97.7 Å². The third kappa shape index (κ3) is 2.78. The van der Waals surface area contributed by atoms with Gasteiger partial charge < -0.3 is 9.84 Å². The van der Waals surface area contributed by atoms with Crippen LogP contribution in [0.3, 0.4) is 0 Å². The second-order valence-corrected chi connectivity index (χ2v) is 10.9. The molecule has 0 aliphatic heterocycles. The van der Waals surface area contributed by atoms with Gasteiger partial charge in [-0.2, -0.15) is 0 Å². The minimum Gasteiger partial charge on any atom is -0.458 e. The van der Waals surface area contributed by atoms with E-state index in [1.54, 1.807) is 0 Å². The number of ketones is 3. The number of carbonyl (C=O) groups excluding carboxylic acids is 4. The number of fused-ring (bicyclic) bond motifs is 5. The maximum absolute atomic E-state index is 13.6. The van der Waals surface area contributed by atoms with Crippen molar-refractivity contribution in [2.75, 3.05) is 6.61 Å². The smallest absolute Gasteiger partial charge is 0.303 e. The van der Waals surface area contributed by atoms with Crippen molar-refractivity contribution in [3.8, 4) is 0 Å². The second-order valence-electron chi connectivity index (χ2n) is 10.9. The van der Waals surface area contributed by atoms with Crippen molar-refractivity contribution in [1.82, 2.24) is 0 Å². The Morgan fingerprint density at radius 2 is 1.90 bits per heavy atom. The van der Waals surface area contributed by atoms with Crippen LogP contribution in [0.1, 0.15) is 72.6 Å². The van der Waals surface area contributed by atoms with Gasteiger partial charge in [0.25, 0.3) is 0 Å². The summed E-state index contributed by atoms with van der Waals surface area (Å²) in [7, 11) is 0. The molecule has 0 aromatic rings. The molecule has 0 amide bonds. The lowest BCUT2D eigenvalue weighted by molar-refractivity contribution is -0.183. The van der Waals surface area contributed by atoms with Gasteiger partial charge in [-0.25, -0.2) is 0 Å². The zero-order valence-electron chi connectivity index (χ0n) is 18.5. The Bertz CT molecular complexity index is 804. The Hall–Kier alpha value is -1.56. The van der Waals surface area contributed by atoms with Crippen LogP contribution >= 0.6 is 0 Å². The summed E-state index contributed by atoms with van der Waals surface area (Å²) in [6.45, 7) is 6.74. The third-order valence-electron chi connectivity index (χ3n) is 9.58. The fraction of sp³-hybridized carbons (Fsp3) is 0.833. The van der Waals surface area contributed by atoms with Gasteiger partial charge in [-0.15, -0.1) is 0 Å². The van der Waals surface area contributed by atoms with Gasteiger partial charge in [0, 0.05) is 37.5 Å². The SMILES string of the molecule is CC(=O)OCC(=O)[C@@]1(O)[C@@H](C)C[C@H]2[C@@H]3CC[C@@H]4CC(=O)CC[C@]4(C)[C@H]3C(=O)C[C@@]21C. The van der Waals surface area contributed by atoms with Gasteiger partial charge in [-0.05, 0) is 54.8 Å². The minimum absolute atomic E-state index is 0.0666. The van der Waals surface area contributed by atoms with Crippen molar-refractivity contribution in [3.63, 3.8) is 0 Å². The van der Waals surface area contributed by atoms with Crippen molar-refractivity contribution in [3.05, 3.63) is 0 Å². The van der Waals surface area contributed by atoms with Gasteiger partial charge in [0.15, 0.2) is 6.61 Å². The summed E-state index contributed by atoms with van der Waals surface area (Å²) in [4.78, 5) is 49.9. The van der Waals surface area contributed by atoms with Crippen molar-refractivity contribution >= 4 is 23.3 Å². The van der Waals surface area contributed by atoms with Gasteiger partial charge in [-0.3, -0.25) is 19.2 Å². The van der Waals surface area contributed by atoms with E-state index >= 15 is 0 Å². The van der Waals surface area contributed by atoms with Crippen LogP contribution in [0.25, 0.3) is 0 Å².